The number of carbonyl (C=O) groups is 1. The number of pyridine rings is 1. The van der Waals surface area contributed by atoms with Crippen molar-refractivity contribution in [1.82, 2.24) is 4.98 Å². The molecule has 2 rings (SSSR count). The summed E-state index contributed by atoms with van der Waals surface area (Å²) in [6.07, 6.45) is 1.74. The Kier molecular flexibility index (Phi) is 4.68. The minimum absolute atomic E-state index is 0.281. The van der Waals surface area contributed by atoms with E-state index < -0.39 is 0 Å². The molecule has 0 radical (unpaired) electrons. The molecule has 0 amide bonds. The van der Waals surface area contributed by atoms with E-state index in [0.29, 0.717) is 12.2 Å². The molecule has 0 unspecified atom stereocenters. The molecule has 4 heteroatoms. The number of hydrogen-bond acceptors (Lipinski definition) is 4. The molecule has 0 aliphatic rings. The van der Waals surface area contributed by atoms with Crippen molar-refractivity contribution in [2.24, 2.45) is 0 Å². The number of ether oxygens (including phenoxy) is 1. The first-order chi connectivity index (χ1) is 9.26. The van der Waals surface area contributed by atoms with Crippen LogP contribution < -0.4 is 0 Å². The maximum atomic E-state index is 11.9. The van der Waals surface area contributed by atoms with Gasteiger partial charge in [-0.3, -0.25) is 4.98 Å². The second-order valence-corrected chi connectivity index (χ2v) is 5.09. The molecule has 0 saturated heterocycles. The van der Waals surface area contributed by atoms with Gasteiger partial charge in [0, 0.05) is 0 Å². The zero-order chi connectivity index (χ0) is 13.7. The Morgan fingerprint density at radius 2 is 2.16 bits per heavy atom. The predicted molar refractivity (Wildman–Crippen MR) is 77.5 cm³/mol. The van der Waals surface area contributed by atoms with Crippen LogP contribution >= 0.6 is 11.3 Å². The summed E-state index contributed by atoms with van der Waals surface area (Å²) in [5.74, 6) is -0.281. The standard InChI is InChI=1S/C15H17NO2S/c1-3-6-12-11(15(17)18-4-2)8-9-13(16-12)14-7-5-10-19-14/h5,7-10H,3-4,6H2,1-2H3. The maximum absolute atomic E-state index is 11.9. The highest BCUT2D eigenvalue weighted by molar-refractivity contribution is 7.13. The summed E-state index contributed by atoms with van der Waals surface area (Å²) in [6.45, 7) is 4.27. The monoisotopic (exact) mass is 275 g/mol. The number of aromatic nitrogens is 1. The van der Waals surface area contributed by atoms with Gasteiger partial charge in [0.1, 0.15) is 0 Å². The summed E-state index contributed by atoms with van der Waals surface area (Å²) in [6, 6.07) is 7.75. The van der Waals surface area contributed by atoms with Crippen molar-refractivity contribution < 1.29 is 9.53 Å². The number of rotatable bonds is 5. The molecule has 0 fully saturated rings. The van der Waals surface area contributed by atoms with Gasteiger partial charge >= 0.3 is 5.97 Å². The van der Waals surface area contributed by atoms with E-state index in [4.69, 9.17) is 4.74 Å². The molecular weight excluding hydrogens is 258 g/mol. The van der Waals surface area contributed by atoms with Gasteiger partial charge in [-0.05, 0) is 36.9 Å². The van der Waals surface area contributed by atoms with E-state index in [1.165, 1.54) is 0 Å². The number of thiophene rings is 1. The topological polar surface area (TPSA) is 39.2 Å². The van der Waals surface area contributed by atoms with Gasteiger partial charge in [0.2, 0.25) is 0 Å². The van der Waals surface area contributed by atoms with E-state index in [0.717, 1.165) is 29.1 Å². The van der Waals surface area contributed by atoms with Crippen molar-refractivity contribution in [3.05, 3.63) is 40.9 Å². The van der Waals surface area contributed by atoms with Crippen LogP contribution in [0.2, 0.25) is 0 Å². The summed E-state index contributed by atoms with van der Waals surface area (Å²) in [5, 5.41) is 2.02. The first kappa shape index (κ1) is 13.7. The third-order valence-electron chi connectivity index (χ3n) is 2.73. The highest BCUT2D eigenvalue weighted by Gasteiger charge is 2.14. The summed E-state index contributed by atoms with van der Waals surface area (Å²) >= 11 is 1.65. The lowest BCUT2D eigenvalue weighted by atomic mass is 10.1. The van der Waals surface area contributed by atoms with Crippen molar-refractivity contribution in [3.8, 4) is 10.6 Å². The second-order valence-electron chi connectivity index (χ2n) is 4.14. The average Bonchev–Trinajstić information content (AvgIpc) is 2.93. The molecule has 100 valence electrons. The van der Waals surface area contributed by atoms with Crippen LogP contribution in [0, 0.1) is 0 Å². The Hall–Kier alpha value is -1.68. The van der Waals surface area contributed by atoms with Crippen LogP contribution in [0.5, 0.6) is 0 Å². The Morgan fingerprint density at radius 1 is 1.32 bits per heavy atom. The minimum Gasteiger partial charge on any atom is -0.462 e. The van der Waals surface area contributed by atoms with Crippen LogP contribution in [0.25, 0.3) is 10.6 Å². The van der Waals surface area contributed by atoms with E-state index in [-0.39, 0.29) is 5.97 Å². The molecule has 0 bridgehead atoms. The molecule has 19 heavy (non-hydrogen) atoms. The van der Waals surface area contributed by atoms with Crippen LogP contribution in [0.3, 0.4) is 0 Å². The van der Waals surface area contributed by atoms with E-state index in [2.05, 4.69) is 11.9 Å². The lowest BCUT2D eigenvalue weighted by Crippen LogP contribution is -2.10. The van der Waals surface area contributed by atoms with Gasteiger partial charge < -0.3 is 4.74 Å². The third-order valence-corrected chi connectivity index (χ3v) is 3.62. The van der Waals surface area contributed by atoms with Crippen molar-refractivity contribution in [3.63, 3.8) is 0 Å². The third kappa shape index (κ3) is 3.20. The van der Waals surface area contributed by atoms with Crippen molar-refractivity contribution in [2.45, 2.75) is 26.7 Å². The molecule has 0 atom stereocenters. The molecule has 2 heterocycles. The number of hydrogen-bond donors (Lipinski definition) is 0. The molecular formula is C15H17NO2S. The molecule has 0 aliphatic heterocycles. The van der Waals surface area contributed by atoms with Gasteiger partial charge in [0.25, 0.3) is 0 Å². The van der Waals surface area contributed by atoms with Crippen LogP contribution in [-0.2, 0) is 11.2 Å². The Bertz CT molecular complexity index is 549. The van der Waals surface area contributed by atoms with Crippen molar-refractivity contribution in [1.29, 1.82) is 0 Å². The molecule has 3 nitrogen and oxygen atoms in total. The van der Waals surface area contributed by atoms with E-state index >= 15 is 0 Å². The predicted octanol–water partition coefficient (Wildman–Crippen LogP) is 3.94. The maximum Gasteiger partial charge on any atom is 0.339 e. The van der Waals surface area contributed by atoms with Gasteiger partial charge in [-0.2, -0.15) is 0 Å². The number of nitrogens with zero attached hydrogens (tertiary/aromatic N) is 1. The van der Waals surface area contributed by atoms with Gasteiger partial charge in [-0.1, -0.05) is 19.4 Å². The van der Waals surface area contributed by atoms with Crippen molar-refractivity contribution >= 4 is 17.3 Å². The molecule has 0 aliphatic carbocycles. The fraction of sp³-hybridized carbons (Fsp3) is 0.333. The Balaban J connectivity index is 2.37. The highest BCUT2D eigenvalue weighted by atomic mass is 32.1. The van der Waals surface area contributed by atoms with Crippen LogP contribution in [0.1, 0.15) is 36.3 Å². The zero-order valence-corrected chi connectivity index (χ0v) is 12.0. The Labute approximate surface area is 117 Å². The average molecular weight is 275 g/mol. The van der Waals surface area contributed by atoms with E-state index in [1.807, 2.05) is 36.6 Å². The fourth-order valence-electron chi connectivity index (χ4n) is 1.88. The normalized spacial score (nSPS) is 10.4. The largest absolute Gasteiger partial charge is 0.462 e. The lowest BCUT2D eigenvalue weighted by Gasteiger charge is -2.09. The fourth-order valence-corrected chi connectivity index (χ4v) is 2.58. The number of aryl methyl sites for hydroxylation is 1. The number of esters is 1. The molecule has 0 aromatic carbocycles. The second kappa shape index (κ2) is 6.48. The quantitative estimate of drug-likeness (QED) is 0.776. The molecule has 2 aromatic heterocycles. The van der Waals surface area contributed by atoms with Crippen LogP contribution in [-0.4, -0.2) is 17.6 Å². The SMILES string of the molecule is CCCc1nc(-c2cccs2)ccc1C(=O)OCC. The smallest absolute Gasteiger partial charge is 0.339 e. The summed E-state index contributed by atoms with van der Waals surface area (Å²) in [7, 11) is 0. The molecule has 2 aromatic rings. The summed E-state index contributed by atoms with van der Waals surface area (Å²) < 4.78 is 5.07. The highest BCUT2D eigenvalue weighted by Crippen LogP contribution is 2.24. The summed E-state index contributed by atoms with van der Waals surface area (Å²) in [4.78, 5) is 17.6. The van der Waals surface area contributed by atoms with Gasteiger partial charge in [0.15, 0.2) is 0 Å². The summed E-state index contributed by atoms with van der Waals surface area (Å²) in [5.41, 5.74) is 2.34. The van der Waals surface area contributed by atoms with E-state index in [1.54, 1.807) is 11.3 Å². The Morgan fingerprint density at radius 3 is 2.79 bits per heavy atom. The van der Waals surface area contributed by atoms with Gasteiger partial charge in [-0.25, -0.2) is 4.79 Å². The van der Waals surface area contributed by atoms with Crippen LogP contribution in [0.4, 0.5) is 0 Å². The first-order valence-electron chi connectivity index (χ1n) is 6.47. The molecule has 0 spiro atoms. The first-order valence-corrected chi connectivity index (χ1v) is 7.35. The zero-order valence-electron chi connectivity index (χ0n) is 11.2. The van der Waals surface area contributed by atoms with Gasteiger partial charge in [-0.15, -0.1) is 11.3 Å². The minimum atomic E-state index is -0.281. The van der Waals surface area contributed by atoms with E-state index in [9.17, 15) is 4.79 Å². The van der Waals surface area contributed by atoms with Gasteiger partial charge in [0.05, 0.1) is 28.4 Å². The van der Waals surface area contributed by atoms with Crippen molar-refractivity contribution in [2.75, 3.05) is 6.61 Å². The number of carbonyl (C=O) groups excluding carboxylic acids is 1. The van der Waals surface area contributed by atoms with Crippen LogP contribution in [0.15, 0.2) is 29.6 Å². The molecule has 0 N–H and O–H groups in total. The lowest BCUT2D eigenvalue weighted by molar-refractivity contribution is 0.0524. The molecule has 0 saturated carbocycles.